The predicted molar refractivity (Wildman–Crippen MR) is 61.6 cm³/mol. The molecule has 0 saturated carbocycles. The lowest BCUT2D eigenvalue weighted by molar-refractivity contribution is 0.368. The van der Waals surface area contributed by atoms with Crippen LogP contribution in [0.2, 0.25) is 0 Å². The third-order valence-corrected chi connectivity index (χ3v) is 2.46. The Bertz CT molecular complexity index is 622. The fraction of sp³-hybridized carbons (Fsp3) is 0.333. The van der Waals surface area contributed by atoms with Gasteiger partial charge in [-0.25, -0.2) is 4.79 Å². The first-order chi connectivity index (χ1) is 7.59. The number of hydrogen-bond donors (Lipinski definition) is 1. The lowest BCUT2D eigenvalue weighted by Gasteiger charge is -2.06. The van der Waals surface area contributed by atoms with Gasteiger partial charge in [-0.15, -0.1) is 0 Å². The Morgan fingerprint density at radius 1 is 1.31 bits per heavy atom. The van der Waals surface area contributed by atoms with Crippen molar-refractivity contribution in [3.63, 3.8) is 0 Å². The maximum absolute atomic E-state index is 11.6. The number of fused-ring (bicyclic) bond motifs is 1. The van der Waals surface area contributed by atoms with E-state index in [1.54, 1.807) is 12.1 Å². The summed E-state index contributed by atoms with van der Waals surface area (Å²) in [4.78, 5) is 23.1. The van der Waals surface area contributed by atoms with Crippen LogP contribution in [0.3, 0.4) is 0 Å². The minimum atomic E-state index is -0.481. The van der Waals surface area contributed by atoms with Crippen LogP contribution in [0.1, 0.15) is 19.4 Å². The molecule has 0 aliphatic carbocycles. The smallest absolute Gasteiger partial charge is 0.335 e. The highest BCUT2D eigenvalue weighted by Crippen LogP contribution is 2.15. The normalized spacial score (nSPS) is 11.2. The Kier molecular flexibility index (Phi) is 2.64. The van der Waals surface area contributed by atoms with Gasteiger partial charge in [0.25, 0.3) is 5.56 Å². The van der Waals surface area contributed by atoms with Gasteiger partial charge in [0.15, 0.2) is 0 Å². The number of hydrogen-bond acceptors (Lipinski definition) is 3. The van der Waals surface area contributed by atoms with Crippen LogP contribution in [0.5, 0.6) is 0 Å². The molecule has 0 aliphatic rings. The Hall–Kier alpha value is -1.84. The summed E-state index contributed by atoms with van der Waals surface area (Å²) in [6, 6.07) is 5.28. The molecular weight excluding hydrogens is 206 g/mol. The highest BCUT2D eigenvalue weighted by molar-refractivity contribution is 5.83. The van der Waals surface area contributed by atoms with E-state index >= 15 is 0 Å². The zero-order valence-electron chi connectivity index (χ0n) is 9.24. The molecular formula is C12H13NO3. The monoisotopic (exact) mass is 219 g/mol. The summed E-state index contributed by atoms with van der Waals surface area (Å²) in [5, 5.41) is 2.88. The molecule has 2 aromatic rings. The minimum Gasteiger partial charge on any atom is -0.335 e. The SMILES string of the molecule is CC(C)Cc1cccc2c(=O)[nH]oc(=O)c12. The van der Waals surface area contributed by atoms with Crippen molar-refractivity contribution in [1.29, 1.82) is 0 Å². The van der Waals surface area contributed by atoms with Gasteiger partial charge in [-0.05, 0) is 24.0 Å². The van der Waals surface area contributed by atoms with E-state index in [4.69, 9.17) is 0 Å². The topological polar surface area (TPSA) is 63.1 Å². The fourth-order valence-corrected chi connectivity index (χ4v) is 1.84. The van der Waals surface area contributed by atoms with Gasteiger partial charge < -0.3 is 4.52 Å². The first-order valence-electron chi connectivity index (χ1n) is 5.23. The van der Waals surface area contributed by atoms with Crippen molar-refractivity contribution in [2.75, 3.05) is 0 Å². The number of H-pyrrole nitrogens is 1. The first kappa shape index (κ1) is 10.7. The molecule has 1 aromatic heterocycles. The second kappa shape index (κ2) is 3.96. The molecule has 16 heavy (non-hydrogen) atoms. The van der Waals surface area contributed by atoms with Gasteiger partial charge in [-0.2, -0.15) is 5.16 Å². The van der Waals surface area contributed by atoms with E-state index in [-0.39, 0.29) is 5.56 Å². The van der Waals surface area contributed by atoms with Crippen molar-refractivity contribution in [2.24, 2.45) is 5.92 Å². The maximum Gasteiger partial charge on any atom is 0.364 e. The minimum absolute atomic E-state index is 0.361. The Balaban J connectivity index is 2.81. The van der Waals surface area contributed by atoms with Crippen molar-refractivity contribution in [2.45, 2.75) is 20.3 Å². The molecule has 0 bridgehead atoms. The Morgan fingerprint density at radius 3 is 2.75 bits per heavy atom. The van der Waals surface area contributed by atoms with Crippen LogP contribution in [-0.2, 0) is 6.42 Å². The van der Waals surface area contributed by atoms with Crippen LogP contribution < -0.4 is 11.2 Å². The van der Waals surface area contributed by atoms with Crippen LogP contribution in [-0.4, -0.2) is 5.16 Å². The largest absolute Gasteiger partial charge is 0.364 e. The standard InChI is InChI=1S/C12H13NO3/c1-7(2)6-8-4-3-5-9-10(8)12(15)16-13-11(9)14/h3-5,7H,6H2,1-2H3,(H,13,14). The molecule has 0 saturated heterocycles. The average Bonchev–Trinajstić information content (AvgIpc) is 2.23. The summed E-state index contributed by atoms with van der Waals surface area (Å²) >= 11 is 0. The van der Waals surface area contributed by atoms with Gasteiger partial charge >= 0.3 is 5.63 Å². The Morgan fingerprint density at radius 2 is 2.06 bits per heavy atom. The number of aromatic amines is 1. The van der Waals surface area contributed by atoms with Crippen LogP contribution in [0.25, 0.3) is 10.8 Å². The second-order valence-electron chi connectivity index (χ2n) is 4.26. The lowest BCUT2D eigenvalue weighted by Crippen LogP contribution is -2.15. The number of nitrogens with one attached hydrogen (secondary N) is 1. The van der Waals surface area contributed by atoms with E-state index in [9.17, 15) is 9.59 Å². The molecule has 0 fully saturated rings. The van der Waals surface area contributed by atoms with E-state index in [0.29, 0.717) is 16.7 Å². The third-order valence-electron chi connectivity index (χ3n) is 2.46. The molecule has 1 N–H and O–H groups in total. The second-order valence-corrected chi connectivity index (χ2v) is 4.26. The molecule has 1 heterocycles. The summed E-state index contributed by atoms with van der Waals surface area (Å²) in [5.74, 6) is 0.421. The van der Waals surface area contributed by atoms with Crippen molar-refractivity contribution in [3.05, 3.63) is 44.5 Å². The van der Waals surface area contributed by atoms with Crippen LogP contribution in [0, 0.1) is 5.92 Å². The molecule has 0 aliphatic heterocycles. The van der Waals surface area contributed by atoms with Gasteiger partial charge in [0.2, 0.25) is 0 Å². The van der Waals surface area contributed by atoms with Gasteiger partial charge in [-0.3, -0.25) is 4.79 Å². The highest BCUT2D eigenvalue weighted by atomic mass is 16.5. The molecule has 0 unspecified atom stereocenters. The molecule has 4 nitrogen and oxygen atoms in total. The summed E-state index contributed by atoms with van der Waals surface area (Å²) in [7, 11) is 0. The summed E-state index contributed by atoms with van der Waals surface area (Å²) in [6.07, 6.45) is 0.756. The zero-order chi connectivity index (χ0) is 11.7. The molecule has 0 atom stereocenters. The molecule has 0 amide bonds. The summed E-state index contributed by atoms with van der Waals surface area (Å²) in [6.45, 7) is 4.13. The number of benzene rings is 1. The van der Waals surface area contributed by atoms with E-state index < -0.39 is 5.63 Å². The van der Waals surface area contributed by atoms with Gasteiger partial charge in [0.05, 0.1) is 10.8 Å². The number of rotatable bonds is 2. The quantitative estimate of drug-likeness (QED) is 0.835. The van der Waals surface area contributed by atoms with Crippen LogP contribution in [0.15, 0.2) is 32.3 Å². The molecule has 0 spiro atoms. The third kappa shape index (κ3) is 1.78. The predicted octanol–water partition coefficient (Wildman–Crippen LogP) is 1.68. The van der Waals surface area contributed by atoms with Gasteiger partial charge in [0.1, 0.15) is 0 Å². The summed E-state index contributed by atoms with van der Waals surface area (Å²) in [5.41, 5.74) is 0.0263. The molecule has 0 radical (unpaired) electrons. The van der Waals surface area contributed by atoms with Crippen molar-refractivity contribution in [1.82, 2.24) is 5.16 Å². The van der Waals surface area contributed by atoms with E-state index in [0.717, 1.165) is 12.0 Å². The van der Waals surface area contributed by atoms with Crippen molar-refractivity contribution in [3.8, 4) is 0 Å². The maximum atomic E-state index is 11.6. The molecule has 4 heteroatoms. The average molecular weight is 219 g/mol. The summed E-state index contributed by atoms with van der Waals surface area (Å²) < 4.78 is 4.60. The van der Waals surface area contributed by atoms with E-state index in [2.05, 4.69) is 23.5 Å². The van der Waals surface area contributed by atoms with Gasteiger partial charge in [0, 0.05) is 0 Å². The van der Waals surface area contributed by atoms with Gasteiger partial charge in [-0.1, -0.05) is 26.0 Å². The first-order valence-corrected chi connectivity index (χ1v) is 5.23. The molecule has 1 aromatic carbocycles. The van der Waals surface area contributed by atoms with Crippen LogP contribution in [0.4, 0.5) is 0 Å². The zero-order valence-corrected chi connectivity index (χ0v) is 9.24. The van der Waals surface area contributed by atoms with Crippen molar-refractivity contribution < 1.29 is 4.52 Å². The van der Waals surface area contributed by atoms with E-state index in [1.807, 2.05) is 6.07 Å². The Labute approximate surface area is 91.9 Å². The lowest BCUT2D eigenvalue weighted by atomic mass is 9.99. The number of aromatic nitrogens is 1. The highest BCUT2D eigenvalue weighted by Gasteiger charge is 2.10. The molecule has 2 rings (SSSR count). The molecule has 84 valence electrons. The fourth-order valence-electron chi connectivity index (χ4n) is 1.84. The van der Waals surface area contributed by atoms with E-state index in [1.165, 1.54) is 0 Å². The van der Waals surface area contributed by atoms with Crippen molar-refractivity contribution >= 4 is 10.8 Å². The van der Waals surface area contributed by atoms with Crippen LogP contribution >= 0.6 is 0 Å².